The van der Waals surface area contributed by atoms with Crippen molar-refractivity contribution in [2.24, 2.45) is 0 Å². The zero-order chi connectivity index (χ0) is 21.4. The highest BCUT2D eigenvalue weighted by Gasteiger charge is 2.06. The third-order valence-electron chi connectivity index (χ3n) is 3.95. The molecule has 0 amide bonds. The molecular weight excluding hydrogens is 352 g/mol. The van der Waals surface area contributed by atoms with Gasteiger partial charge < -0.3 is 9.84 Å². The van der Waals surface area contributed by atoms with E-state index in [0.717, 1.165) is 18.4 Å². The summed E-state index contributed by atoms with van der Waals surface area (Å²) in [5.74, 6) is -1.47. The molecule has 154 valence electrons. The van der Waals surface area contributed by atoms with E-state index in [1.54, 1.807) is 0 Å². The van der Waals surface area contributed by atoms with E-state index in [2.05, 4.69) is 57.2 Å². The molecule has 0 aliphatic rings. The van der Waals surface area contributed by atoms with Crippen LogP contribution in [0.4, 0.5) is 0 Å². The number of rotatable bonds is 12. The number of carbonyl (C=O) groups is 2. The highest BCUT2D eigenvalue weighted by atomic mass is 16.5. The Morgan fingerprint density at radius 1 is 0.857 bits per heavy atom. The third kappa shape index (κ3) is 15.6. The van der Waals surface area contributed by atoms with Gasteiger partial charge in [0.2, 0.25) is 0 Å². The zero-order valence-corrected chi connectivity index (χ0v) is 17.8. The first-order chi connectivity index (χ1) is 13.2. The molecule has 0 bridgehead atoms. The summed E-state index contributed by atoms with van der Waals surface area (Å²) in [6.07, 6.45) is 18.1. The summed E-state index contributed by atoms with van der Waals surface area (Å²) in [5.41, 5.74) is 4.66. The fraction of sp³-hybridized carbons (Fsp3) is 0.417. The van der Waals surface area contributed by atoms with Crippen LogP contribution >= 0.6 is 0 Å². The summed E-state index contributed by atoms with van der Waals surface area (Å²) in [7, 11) is 0. The Kier molecular flexibility index (Phi) is 14.0. The van der Waals surface area contributed by atoms with Crippen LogP contribution in [0.3, 0.4) is 0 Å². The van der Waals surface area contributed by atoms with Gasteiger partial charge in [0, 0.05) is 0 Å². The van der Waals surface area contributed by atoms with Crippen LogP contribution in [0.2, 0.25) is 0 Å². The summed E-state index contributed by atoms with van der Waals surface area (Å²) in [6.45, 7) is 10.4. The second-order valence-corrected chi connectivity index (χ2v) is 6.82. The van der Waals surface area contributed by atoms with Crippen molar-refractivity contribution in [3.8, 4) is 0 Å². The SMILES string of the molecule is C/C=C(C)/C=C/C=C(C)/C=C/C=C(\C)CC/C=C(\C)COC(=O)CCC(=O)O. The molecule has 0 saturated carbocycles. The molecule has 0 aromatic rings. The van der Waals surface area contributed by atoms with Gasteiger partial charge in [-0.05, 0) is 53.0 Å². The Balaban J connectivity index is 4.27. The molecule has 0 rings (SSSR count). The molecule has 0 aliphatic carbocycles. The van der Waals surface area contributed by atoms with E-state index >= 15 is 0 Å². The number of aliphatic carboxylic acids is 1. The molecule has 1 N–H and O–H groups in total. The number of hydrogen-bond donors (Lipinski definition) is 1. The van der Waals surface area contributed by atoms with Crippen molar-refractivity contribution in [2.45, 2.75) is 60.3 Å². The normalized spacial score (nSPS) is 14.2. The molecule has 0 aromatic heterocycles. The van der Waals surface area contributed by atoms with Gasteiger partial charge in [-0.1, -0.05) is 65.3 Å². The predicted molar refractivity (Wildman–Crippen MR) is 116 cm³/mol. The minimum atomic E-state index is -0.994. The van der Waals surface area contributed by atoms with E-state index < -0.39 is 11.9 Å². The van der Waals surface area contributed by atoms with Crippen molar-refractivity contribution in [3.05, 3.63) is 70.9 Å². The fourth-order valence-electron chi connectivity index (χ4n) is 2.03. The molecule has 28 heavy (non-hydrogen) atoms. The molecule has 0 atom stereocenters. The van der Waals surface area contributed by atoms with Crippen LogP contribution in [-0.4, -0.2) is 23.7 Å². The minimum Gasteiger partial charge on any atom is -0.481 e. The molecule has 0 radical (unpaired) electrons. The fourth-order valence-corrected chi connectivity index (χ4v) is 2.03. The van der Waals surface area contributed by atoms with Crippen molar-refractivity contribution in [3.63, 3.8) is 0 Å². The van der Waals surface area contributed by atoms with Gasteiger partial charge in [0.25, 0.3) is 0 Å². The van der Waals surface area contributed by atoms with Gasteiger partial charge in [-0.25, -0.2) is 0 Å². The van der Waals surface area contributed by atoms with Gasteiger partial charge in [0.15, 0.2) is 0 Å². The van der Waals surface area contributed by atoms with E-state index in [4.69, 9.17) is 9.84 Å². The Morgan fingerprint density at radius 2 is 1.50 bits per heavy atom. The zero-order valence-electron chi connectivity index (χ0n) is 17.8. The molecular formula is C24H34O4. The van der Waals surface area contributed by atoms with Gasteiger partial charge in [0.1, 0.15) is 6.61 Å². The third-order valence-corrected chi connectivity index (χ3v) is 3.95. The minimum absolute atomic E-state index is 0.0879. The molecule has 0 heterocycles. The van der Waals surface area contributed by atoms with Crippen molar-refractivity contribution in [2.75, 3.05) is 6.61 Å². The summed E-state index contributed by atoms with van der Waals surface area (Å²) in [4.78, 5) is 21.8. The molecule has 0 aliphatic heterocycles. The molecule has 4 nitrogen and oxygen atoms in total. The highest BCUT2D eigenvalue weighted by molar-refractivity contribution is 5.76. The second kappa shape index (κ2) is 15.4. The summed E-state index contributed by atoms with van der Waals surface area (Å²) < 4.78 is 5.05. The maximum absolute atomic E-state index is 11.4. The monoisotopic (exact) mass is 386 g/mol. The summed E-state index contributed by atoms with van der Waals surface area (Å²) in [6, 6.07) is 0. The largest absolute Gasteiger partial charge is 0.481 e. The second-order valence-electron chi connectivity index (χ2n) is 6.82. The topological polar surface area (TPSA) is 63.6 Å². The average Bonchev–Trinajstić information content (AvgIpc) is 2.64. The van der Waals surface area contributed by atoms with Crippen LogP contribution in [0, 0.1) is 0 Å². The van der Waals surface area contributed by atoms with Crippen LogP contribution in [0.25, 0.3) is 0 Å². The molecule has 4 heteroatoms. The number of hydrogen-bond acceptors (Lipinski definition) is 3. The number of carboxylic acids is 1. The number of ether oxygens (including phenoxy) is 1. The lowest BCUT2D eigenvalue weighted by molar-refractivity contribution is -0.147. The molecule has 0 spiro atoms. The van der Waals surface area contributed by atoms with Crippen molar-refractivity contribution in [1.29, 1.82) is 0 Å². The first kappa shape index (κ1) is 25.4. The standard InChI is InChI=1S/C24H34O4/c1-6-19(2)10-7-11-20(3)12-8-13-21(4)14-9-15-22(5)18-28-24(27)17-16-23(25)26/h6-8,10-13,15H,9,14,16-18H2,1-5H3,(H,25,26)/b10-7+,12-8+,19-6+,20-11+,21-13+,22-15+. The quantitative estimate of drug-likeness (QED) is 0.250. The molecule has 0 aromatic carbocycles. The van der Waals surface area contributed by atoms with Gasteiger partial charge in [-0.3, -0.25) is 9.59 Å². The van der Waals surface area contributed by atoms with Crippen LogP contribution in [0.5, 0.6) is 0 Å². The smallest absolute Gasteiger partial charge is 0.306 e. The Bertz CT molecular complexity index is 685. The lowest BCUT2D eigenvalue weighted by Crippen LogP contribution is -2.08. The molecule has 0 saturated heterocycles. The van der Waals surface area contributed by atoms with Crippen molar-refractivity contribution in [1.82, 2.24) is 0 Å². The first-order valence-corrected chi connectivity index (χ1v) is 9.59. The van der Waals surface area contributed by atoms with Crippen LogP contribution in [0.15, 0.2) is 70.9 Å². The van der Waals surface area contributed by atoms with Crippen LogP contribution in [0.1, 0.15) is 60.3 Å². The van der Waals surface area contributed by atoms with Crippen LogP contribution in [-0.2, 0) is 14.3 Å². The Hall–Kier alpha value is -2.62. The van der Waals surface area contributed by atoms with Gasteiger partial charge in [-0.15, -0.1) is 0 Å². The Labute approximate surface area is 169 Å². The highest BCUT2D eigenvalue weighted by Crippen LogP contribution is 2.08. The maximum Gasteiger partial charge on any atom is 0.306 e. The molecule has 0 fully saturated rings. The lowest BCUT2D eigenvalue weighted by Gasteiger charge is -2.04. The number of carbonyl (C=O) groups excluding carboxylic acids is 1. The molecule has 0 unspecified atom stereocenters. The van der Waals surface area contributed by atoms with Crippen molar-refractivity contribution < 1.29 is 19.4 Å². The summed E-state index contributed by atoms with van der Waals surface area (Å²) in [5, 5.41) is 8.53. The van der Waals surface area contributed by atoms with E-state index in [9.17, 15) is 9.59 Å². The average molecular weight is 387 g/mol. The van der Waals surface area contributed by atoms with Crippen LogP contribution < -0.4 is 0 Å². The Morgan fingerprint density at radius 3 is 2.14 bits per heavy atom. The first-order valence-electron chi connectivity index (χ1n) is 9.59. The van der Waals surface area contributed by atoms with Gasteiger partial charge in [0.05, 0.1) is 12.8 Å². The maximum atomic E-state index is 11.4. The van der Waals surface area contributed by atoms with Gasteiger partial charge >= 0.3 is 11.9 Å². The number of esters is 1. The van der Waals surface area contributed by atoms with Gasteiger partial charge in [-0.2, -0.15) is 0 Å². The van der Waals surface area contributed by atoms with Crippen molar-refractivity contribution >= 4 is 11.9 Å². The number of carboxylic acid groups (broad SMARTS) is 1. The van der Waals surface area contributed by atoms with E-state index in [1.807, 2.05) is 26.0 Å². The van der Waals surface area contributed by atoms with E-state index in [-0.39, 0.29) is 19.4 Å². The predicted octanol–water partition coefficient (Wildman–Crippen LogP) is 6.09. The summed E-state index contributed by atoms with van der Waals surface area (Å²) >= 11 is 0. The van der Waals surface area contributed by atoms with E-state index in [0.29, 0.717) is 0 Å². The number of allylic oxidation sites excluding steroid dienone is 11. The lowest BCUT2D eigenvalue weighted by atomic mass is 10.1. The van der Waals surface area contributed by atoms with E-state index in [1.165, 1.54) is 16.7 Å².